The van der Waals surface area contributed by atoms with Crippen molar-refractivity contribution in [3.8, 4) is 0 Å². The second-order valence-electron chi connectivity index (χ2n) is 16.5. The van der Waals surface area contributed by atoms with E-state index >= 15 is 0 Å². The van der Waals surface area contributed by atoms with Crippen LogP contribution < -0.4 is 5.32 Å². The van der Waals surface area contributed by atoms with E-state index < -0.39 is 12.1 Å². The highest BCUT2D eigenvalue weighted by atomic mass is 16.3. The Labute approximate surface area is 332 Å². The highest BCUT2D eigenvalue weighted by Gasteiger charge is 2.17. The summed E-state index contributed by atoms with van der Waals surface area (Å²) in [5.74, 6) is -0.0721. The molecule has 314 valence electrons. The van der Waals surface area contributed by atoms with E-state index in [0.29, 0.717) is 6.42 Å². The minimum Gasteiger partial charge on any atom is -0.394 e. The highest BCUT2D eigenvalue weighted by molar-refractivity contribution is 5.76. The van der Waals surface area contributed by atoms with Gasteiger partial charge in [0.25, 0.3) is 0 Å². The van der Waals surface area contributed by atoms with Crippen molar-refractivity contribution >= 4 is 5.91 Å². The number of amides is 1. The van der Waals surface area contributed by atoms with Crippen LogP contribution in [0.25, 0.3) is 0 Å². The van der Waals surface area contributed by atoms with Crippen molar-refractivity contribution < 1.29 is 15.0 Å². The molecule has 0 saturated heterocycles. The van der Waals surface area contributed by atoms with Crippen molar-refractivity contribution in [1.82, 2.24) is 5.32 Å². The monoisotopic (exact) mass is 746 g/mol. The first kappa shape index (κ1) is 51.9. The number of nitrogens with one attached hydrogen (secondary N) is 1. The fourth-order valence-electron chi connectivity index (χ4n) is 7.47. The van der Waals surface area contributed by atoms with Crippen molar-refractivity contribution in [3.05, 3.63) is 24.3 Å². The quantitative estimate of drug-likeness (QED) is 0.0430. The lowest BCUT2D eigenvalue weighted by Crippen LogP contribution is -2.45. The van der Waals surface area contributed by atoms with Crippen LogP contribution in [-0.4, -0.2) is 34.9 Å². The molecule has 0 heterocycles. The minimum atomic E-state index is -0.840. The van der Waals surface area contributed by atoms with Gasteiger partial charge in [-0.05, 0) is 44.9 Å². The summed E-state index contributed by atoms with van der Waals surface area (Å²) in [6.45, 7) is 4.29. The first-order chi connectivity index (χ1) is 26.2. The third-order valence-electron chi connectivity index (χ3n) is 11.2. The van der Waals surface area contributed by atoms with Gasteiger partial charge in [-0.15, -0.1) is 0 Å². The Kier molecular flexibility index (Phi) is 44.3. The SMILES string of the molecule is CCCCC/C=C\CCCCCCCC(=O)NC(CO)C(O)/C=C/CCCCCCCCCCCCCCCCCCCCCCCCCCCCC. The van der Waals surface area contributed by atoms with Gasteiger partial charge in [0.15, 0.2) is 0 Å². The van der Waals surface area contributed by atoms with Gasteiger partial charge in [0, 0.05) is 6.42 Å². The van der Waals surface area contributed by atoms with Crippen LogP contribution in [0.1, 0.15) is 264 Å². The summed E-state index contributed by atoms with van der Waals surface area (Å²) >= 11 is 0. The lowest BCUT2D eigenvalue weighted by atomic mass is 10.0. The zero-order chi connectivity index (χ0) is 38.6. The second kappa shape index (κ2) is 45.3. The predicted molar refractivity (Wildman–Crippen MR) is 235 cm³/mol. The van der Waals surface area contributed by atoms with Crippen molar-refractivity contribution in [2.75, 3.05) is 6.61 Å². The van der Waals surface area contributed by atoms with Crippen LogP contribution in [0.4, 0.5) is 0 Å². The van der Waals surface area contributed by atoms with Crippen molar-refractivity contribution in [1.29, 1.82) is 0 Å². The van der Waals surface area contributed by atoms with Gasteiger partial charge in [0.2, 0.25) is 5.91 Å². The molecule has 53 heavy (non-hydrogen) atoms. The molecule has 3 N–H and O–H groups in total. The lowest BCUT2D eigenvalue weighted by molar-refractivity contribution is -0.123. The second-order valence-corrected chi connectivity index (χ2v) is 16.5. The summed E-state index contributed by atoms with van der Waals surface area (Å²) < 4.78 is 0. The van der Waals surface area contributed by atoms with E-state index in [9.17, 15) is 15.0 Å². The van der Waals surface area contributed by atoms with Gasteiger partial charge in [-0.2, -0.15) is 0 Å². The third kappa shape index (κ3) is 41.9. The maximum absolute atomic E-state index is 12.3. The number of aliphatic hydroxyl groups excluding tert-OH is 2. The summed E-state index contributed by atoms with van der Waals surface area (Å²) in [5.41, 5.74) is 0. The Morgan fingerprint density at radius 1 is 0.434 bits per heavy atom. The Balaban J connectivity index is 3.45. The number of rotatable bonds is 44. The van der Waals surface area contributed by atoms with E-state index in [4.69, 9.17) is 0 Å². The summed E-state index contributed by atoms with van der Waals surface area (Å²) in [6.07, 6.45) is 58.9. The van der Waals surface area contributed by atoms with Crippen LogP contribution >= 0.6 is 0 Å². The van der Waals surface area contributed by atoms with E-state index in [1.54, 1.807) is 6.08 Å². The standard InChI is InChI=1S/C49H95NO3/c1-3-5-7-9-11-13-15-17-18-19-20-21-22-23-24-25-26-27-28-29-30-31-32-33-34-36-38-40-42-44-48(52)47(46-51)50-49(53)45-43-41-39-37-35-16-14-12-10-8-6-4-2/h12,14,42,44,47-48,51-52H,3-11,13,15-41,43,45-46H2,1-2H3,(H,50,53)/b14-12-,44-42+. The smallest absolute Gasteiger partial charge is 0.220 e. The molecule has 0 radical (unpaired) electrons. The third-order valence-corrected chi connectivity index (χ3v) is 11.2. The normalized spacial score (nSPS) is 13.1. The molecule has 0 aliphatic rings. The van der Waals surface area contributed by atoms with Crippen molar-refractivity contribution in [2.45, 2.75) is 276 Å². The zero-order valence-corrected chi connectivity index (χ0v) is 36.1. The number of unbranched alkanes of at least 4 members (excludes halogenated alkanes) is 35. The molecule has 0 aromatic heterocycles. The Bertz CT molecular complexity index is 765. The number of carbonyl (C=O) groups is 1. The fraction of sp³-hybridized carbons (Fsp3) is 0.898. The number of hydrogen-bond donors (Lipinski definition) is 3. The number of allylic oxidation sites excluding steroid dienone is 3. The maximum atomic E-state index is 12.3. The Hall–Kier alpha value is -1.13. The molecule has 1 amide bonds. The maximum Gasteiger partial charge on any atom is 0.220 e. The van der Waals surface area contributed by atoms with Gasteiger partial charge in [-0.3, -0.25) is 4.79 Å². The molecular weight excluding hydrogens is 651 g/mol. The van der Waals surface area contributed by atoms with Crippen molar-refractivity contribution in [3.63, 3.8) is 0 Å². The molecule has 0 rings (SSSR count). The summed E-state index contributed by atoms with van der Waals surface area (Å²) in [4.78, 5) is 12.3. The molecular formula is C49H95NO3. The van der Waals surface area contributed by atoms with Gasteiger partial charge in [-0.25, -0.2) is 0 Å². The summed E-state index contributed by atoms with van der Waals surface area (Å²) in [5, 5.41) is 23.0. The topological polar surface area (TPSA) is 69.6 Å². The lowest BCUT2D eigenvalue weighted by Gasteiger charge is -2.20. The molecule has 0 spiro atoms. The number of carbonyl (C=O) groups excluding carboxylic acids is 1. The molecule has 2 atom stereocenters. The van der Waals surface area contributed by atoms with Gasteiger partial charge < -0.3 is 15.5 Å². The van der Waals surface area contributed by atoms with Gasteiger partial charge in [-0.1, -0.05) is 237 Å². The van der Waals surface area contributed by atoms with E-state index in [1.165, 1.54) is 205 Å². The number of aliphatic hydroxyl groups is 2. The molecule has 0 aromatic rings. The summed E-state index contributed by atoms with van der Waals surface area (Å²) in [7, 11) is 0. The van der Waals surface area contributed by atoms with Crippen LogP contribution in [-0.2, 0) is 4.79 Å². The van der Waals surface area contributed by atoms with Crippen LogP contribution in [0.3, 0.4) is 0 Å². The van der Waals surface area contributed by atoms with Crippen LogP contribution in [0, 0.1) is 0 Å². The molecule has 0 bridgehead atoms. The molecule has 0 aliphatic carbocycles. The van der Waals surface area contributed by atoms with Crippen molar-refractivity contribution in [2.24, 2.45) is 0 Å². The number of hydrogen-bond acceptors (Lipinski definition) is 3. The molecule has 0 aromatic carbocycles. The average Bonchev–Trinajstić information content (AvgIpc) is 3.16. The first-order valence-corrected chi connectivity index (χ1v) is 24.1. The molecule has 4 heteroatoms. The Morgan fingerprint density at radius 2 is 0.717 bits per heavy atom. The molecule has 0 fully saturated rings. The zero-order valence-electron chi connectivity index (χ0n) is 36.1. The first-order valence-electron chi connectivity index (χ1n) is 24.1. The molecule has 4 nitrogen and oxygen atoms in total. The predicted octanol–water partition coefficient (Wildman–Crippen LogP) is 15.2. The Morgan fingerprint density at radius 3 is 1.08 bits per heavy atom. The van der Waals surface area contributed by atoms with E-state index in [0.717, 1.165) is 38.5 Å². The van der Waals surface area contributed by atoms with E-state index in [2.05, 4.69) is 31.3 Å². The van der Waals surface area contributed by atoms with Crippen LogP contribution in [0.15, 0.2) is 24.3 Å². The average molecular weight is 746 g/mol. The van der Waals surface area contributed by atoms with Crippen LogP contribution in [0.5, 0.6) is 0 Å². The molecule has 2 unspecified atom stereocenters. The van der Waals surface area contributed by atoms with E-state index in [1.807, 2.05) is 6.08 Å². The highest BCUT2D eigenvalue weighted by Crippen LogP contribution is 2.17. The fourth-order valence-corrected chi connectivity index (χ4v) is 7.47. The summed E-state index contributed by atoms with van der Waals surface area (Å²) in [6, 6.07) is -0.623. The molecule has 0 saturated carbocycles. The van der Waals surface area contributed by atoms with Gasteiger partial charge in [0.05, 0.1) is 18.8 Å². The minimum absolute atomic E-state index is 0.0721. The largest absolute Gasteiger partial charge is 0.394 e. The van der Waals surface area contributed by atoms with Crippen LogP contribution in [0.2, 0.25) is 0 Å². The van der Waals surface area contributed by atoms with E-state index in [-0.39, 0.29) is 12.5 Å². The molecule has 0 aliphatic heterocycles. The van der Waals surface area contributed by atoms with Gasteiger partial charge >= 0.3 is 0 Å². The van der Waals surface area contributed by atoms with Gasteiger partial charge in [0.1, 0.15) is 0 Å².